The van der Waals surface area contributed by atoms with Gasteiger partial charge < -0.3 is 16.2 Å². The molecule has 0 aliphatic rings. The molecule has 5 nitrogen and oxygen atoms in total. The third-order valence-corrected chi connectivity index (χ3v) is 2.17. The highest BCUT2D eigenvalue weighted by Gasteiger charge is 2.15. The Morgan fingerprint density at radius 3 is 2.19 bits per heavy atom. The van der Waals surface area contributed by atoms with Crippen molar-refractivity contribution in [2.75, 3.05) is 6.61 Å². The van der Waals surface area contributed by atoms with Crippen LogP contribution in [0.5, 0.6) is 5.75 Å². The van der Waals surface area contributed by atoms with Gasteiger partial charge in [0.15, 0.2) is 0 Å². The molecule has 1 aromatic rings. The van der Waals surface area contributed by atoms with Crippen LogP contribution in [0.3, 0.4) is 0 Å². The first-order valence-corrected chi connectivity index (χ1v) is 4.97. The predicted octanol–water partition coefficient (Wildman–Crippen LogP) is 0.944. The van der Waals surface area contributed by atoms with Crippen LogP contribution in [-0.2, 0) is 0 Å². The number of hydrogen-bond acceptors (Lipinski definition) is 3. The summed E-state index contributed by atoms with van der Waals surface area (Å²) < 4.78 is 5.43. The number of hydrogen-bond donors (Lipinski definition) is 4. The van der Waals surface area contributed by atoms with E-state index >= 15 is 0 Å². The van der Waals surface area contributed by atoms with Crippen LogP contribution in [-0.4, -0.2) is 18.3 Å². The van der Waals surface area contributed by atoms with Crippen molar-refractivity contribution in [2.45, 2.75) is 6.42 Å². The zero-order chi connectivity index (χ0) is 12.0. The monoisotopic (exact) mass is 220 g/mol. The standard InChI is InChI=1S/C11H16N4O/c12-10(13)9(11(14)15)6-7-16-8-4-2-1-3-5-8/h1-5,9H,6-7H2,(H3,12,13)(H3,14,15). The third-order valence-electron chi connectivity index (χ3n) is 2.17. The minimum absolute atomic E-state index is 0.0934. The van der Waals surface area contributed by atoms with E-state index in [0.29, 0.717) is 13.0 Å². The summed E-state index contributed by atoms with van der Waals surface area (Å²) in [4.78, 5) is 0. The molecule has 0 atom stereocenters. The fourth-order valence-corrected chi connectivity index (χ4v) is 1.29. The summed E-state index contributed by atoms with van der Waals surface area (Å²) >= 11 is 0. The number of amidine groups is 2. The maximum absolute atomic E-state index is 7.27. The molecule has 6 N–H and O–H groups in total. The Hall–Kier alpha value is -2.04. The number of para-hydroxylation sites is 1. The van der Waals surface area contributed by atoms with Gasteiger partial charge in [0, 0.05) is 0 Å². The molecule has 16 heavy (non-hydrogen) atoms. The molecule has 0 spiro atoms. The van der Waals surface area contributed by atoms with E-state index < -0.39 is 5.92 Å². The van der Waals surface area contributed by atoms with Gasteiger partial charge in [0.25, 0.3) is 0 Å². The average molecular weight is 220 g/mol. The predicted molar refractivity (Wildman–Crippen MR) is 63.9 cm³/mol. The summed E-state index contributed by atoms with van der Waals surface area (Å²) in [6, 6.07) is 9.35. The summed E-state index contributed by atoms with van der Waals surface area (Å²) in [6.07, 6.45) is 0.444. The molecule has 5 heteroatoms. The Labute approximate surface area is 94.4 Å². The van der Waals surface area contributed by atoms with Gasteiger partial charge in [-0.1, -0.05) is 18.2 Å². The van der Waals surface area contributed by atoms with Crippen molar-refractivity contribution in [3.05, 3.63) is 30.3 Å². The molecule has 0 radical (unpaired) electrons. The van der Waals surface area contributed by atoms with Gasteiger partial charge in [0.1, 0.15) is 17.4 Å². The number of ether oxygens (including phenoxy) is 1. The third kappa shape index (κ3) is 3.61. The van der Waals surface area contributed by atoms with Gasteiger partial charge in [-0.15, -0.1) is 0 Å². The lowest BCUT2D eigenvalue weighted by Crippen LogP contribution is -2.35. The lowest BCUT2D eigenvalue weighted by Gasteiger charge is -2.14. The number of rotatable bonds is 6. The van der Waals surface area contributed by atoms with E-state index in [0.717, 1.165) is 5.75 Å². The molecule has 1 aromatic carbocycles. The van der Waals surface area contributed by atoms with Gasteiger partial charge in [-0.25, -0.2) is 0 Å². The second kappa shape index (κ2) is 5.75. The highest BCUT2D eigenvalue weighted by Crippen LogP contribution is 2.10. The first-order chi connectivity index (χ1) is 7.61. The highest BCUT2D eigenvalue weighted by atomic mass is 16.5. The molecule has 0 amide bonds. The number of benzene rings is 1. The largest absolute Gasteiger partial charge is 0.494 e. The molecule has 0 fully saturated rings. The average Bonchev–Trinajstić information content (AvgIpc) is 2.24. The lowest BCUT2D eigenvalue weighted by atomic mass is 10.0. The van der Waals surface area contributed by atoms with Crippen molar-refractivity contribution in [3.63, 3.8) is 0 Å². The van der Waals surface area contributed by atoms with E-state index in [1.54, 1.807) is 0 Å². The molecule has 0 heterocycles. The van der Waals surface area contributed by atoms with Crippen LogP contribution in [0.25, 0.3) is 0 Å². The van der Waals surface area contributed by atoms with Crippen LogP contribution in [0.1, 0.15) is 6.42 Å². The van der Waals surface area contributed by atoms with E-state index in [9.17, 15) is 0 Å². The van der Waals surface area contributed by atoms with E-state index in [4.69, 9.17) is 27.0 Å². The maximum atomic E-state index is 7.27. The van der Waals surface area contributed by atoms with Crippen molar-refractivity contribution in [1.82, 2.24) is 0 Å². The quantitative estimate of drug-likeness (QED) is 0.423. The lowest BCUT2D eigenvalue weighted by molar-refractivity contribution is 0.306. The normalized spacial score (nSPS) is 11.8. The SMILES string of the molecule is N=C(N)C(CCOc1ccccc1)C(=N)N. The fourth-order valence-electron chi connectivity index (χ4n) is 1.29. The first kappa shape index (κ1) is 12.0. The second-order valence-electron chi connectivity index (χ2n) is 3.41. The van der Waals surface area contributed by atoms with E-state index in [2.05, 4.69) is 0 Å². The molecule has 0 saturated heterocycles. The second-order valence-corrected chi connectivity index (χ2v) is 3.41. The Kier molecular flexibility index (Phi) is 4.32. The van der Waals surface area contributed by atoms with Gasteiger partial charge >= 0.3 is 0 Å². The van der Waals surface area contributed by atoms with Crippen LogP contribution in [0.2, 0.25) is 0 Å². The summed E-state index contributed by atoms with van der Waals surface area (Å²) in [7, 11) is 0. The van der Waals surface area contributed by atoms with E-state index in [-0.39, 0.29) is 11.7 Å². The van der Waals surface area contributed by atoms with Crippen molar-refractivity contribution in [2.24, 2.45) is 17.4 Å². The first-order valence-electron chi connectivity index (χ1n) is 4.97. The van der Waals surface area contributed by atoms with Crippen molar-refractivity contribution in [3.8, 4) is 5.75 Å². The molecule has 0 aromatic heterocycles. The minimum Gasteiger partial charge on any atom is -0.494 e. The number of nitrogens with two attached hydrogens (primary N) is 2. The van der Waals surface area contributed by atoms with Gasteiger partial charge in [-0.3, -0.25) is 10.8 Å². The molecule has 86 valence electrons. The molecular weight excluding hydrogens is 204 g/mol. The van der Waals surface area contributed by atoms with Gasteiger partial charge in [-0.2, -0.15) is 0 Å². The molecule has 0 aliphatic carbocycles. The van der Waals surface area contributed by atoms with Crippen LogP contribution in [0.15, 0.2) is 30.3 Å². The zero-order valence-corrected chi connectivity index (χ0v) is 8.94. The summed E-state index contributed by atoms with van der Waals surface area (Å²) in [5.74, 6) is 0.0467. The van der Waals surface area contributed by atoms with Crippen molar-refractivity contribution in [1.29, 1.82) is 10.8 Å². The van der Waals surface area contributed by atoms with Gasteiger partial charge in [0.2, 0.25) is 0 Å². The maximum Gasteiger partial charge on any atom is 0.119 e. The Morgan fingerprint density at radius 2 is 1.69 bits per heavy atom. The number of nitrogens with one attached hydrogen (secondary N) is 2. The smallest absolute Gasteiger partial charge is 0.119 e. The summed E-state index contributed by atoms with van der Waals surface area (Å²) in [5, 5.41) is 14.5. The van der Waals surface area contributed by atoms with Crippen LogP contribution in [0, 0.1) is 16.7 Å². The Morgan fingerprint density at radius 1 is 1.12 bits per heavy atom. The van der Waals surface area contributed by atoms with Crippen LogP contribution < -0.4 is 16.2 Å². The highest BCUT2D eigenvalue weighted by molar-refractivity contribution is 6.01. The van der Waals surface area contributed by atoms with Crippen LogP contribution >= 0.6 is 0 Å². The van der Waals surface area contributed by atoms with Crippen molar-refractivity contribution >= 4 is 11.7 Å². The van der Waals surface area contributed by atoms with Crippen molar-refractivity contribution < 1.29 is 4.74 Å². The summed E-state index contributed by atoms with van der Waals surface area (Å²) in [5.41, 5.74) is 10.6. The minimum atomic E-state index is -0.524. The Balaban J connectivity index is 2.40. The molecule has 0 bridgehead atoms. The zero-order valence-electron chi connectivity index (χ0n) is 8.94. The van der Waals surface area contributed by atoms with Crippen LogP contribution in [0.4, 0.5) is 0 Å². The van der Waals surface area contributed by atoms with Gasteiger partial charge in [-0.05, 0) is 18.6 Å². The fraction of sp³-hybridized carbons (Fsp3) is 0.273. The van der Waals surface area contributed by atoms with E-state index in [1.807, 2.05) is 30.3 Å². The molecule has 1 rings (SSSR count). The van der Waals surface area contributed by atoms with Gasteiger partial charge in [0.05, 0.1) is 12.5 Å². The van der Waals surface area contributed by atoms with E-state index in [1.165, 1.54) is 0 Å². The topological polar surface area (TPSA) is 109 Å². The molecular formula is C11H16N4O. The molecule has 0 unspecified atom stereocenters. The summed E-state index contributed by atoms with van der Waals surface area (Å²) in [6.45, 7) is 0.383. The Bertz CT molecular complexity index is 350. The molecule has 0 aliphatic heterocycles. The molecule has 0 saturated carbocycles.